The third kappa shape index (κ3) is 5.17. The molecule has 3 heterocycles. The predicted octanol–water partition coefficient (Wildman–Crippen LogP) is 5.78. The Labute approximate surface area is 203 Å². The summed E-state index contributed by atoms with van der Waals surface area (Å²) in [5, 5.41) is 1.23. The molecule has 0 N–H and O–H groups in total. The molecule has 7 nitrogen and oxygen atoms in total. The van der Waals surface area contributed by atoms with Gasteiger partial charge in [-0.2, -0.15) is 4.98 Å². The Morgan fingerprint density at radius 1 is 1.12 bits per heavy atom. The quantitative estimate of drug-likeness (QED) is 0.434. The van der Waals surface area contributed by atoms with Gasteiger partial charge >= 0.3 is 6.09 Å². The molecular formula is C24H29ClN4O3S. The first kappa shape index (κ1) is 23.6. The number of amides is 1. The standard InChI is InChI=1S/C24H29ClN4O3S/c1-6-31-17-9-7-16(8-10-17)18-15(2)33-21-19(18)20(26-22(25)27-21)28-11-13-29(14-12-28)23(30)32-24(3,4)5/h7-10H,6,11-14H2,1-5H3. The van der Waals surface area contributed by atoms with Gasteiger partial charge in [-0.25, -0.2) is 9.78 Å². The van der Waals surface area contributed by atoms with E-state index in [0.717, 1.165) is 37.8 Å². The zero-order valence-corrected chi connectivity index (χ0v) is 21.2. The predicted molar refractivity (Wildman–Crippen MR) is 134 cm³/mol. The lowest BCUT2D eigenvalue weighted by atomic mass is 10.0. The van der Waals surface area contributed by atoms with Crippen LogP contribution in [0.4, 0.5) is 10.6 Å². The number of piperazine rings is 1. The highest BCUT2D eigenvalue weighted by atomic mass is 35.5. The van der Waals surface area contributed by atoms with E-state index in [0.29, 0.717) is 32.8 Å². The Balaban J connectivity index is 1.65. The van der Waals surface area contributed by atoms with Crippen LogP contribution < -0.4 is 9.64 Å². The second-order valence-electron chi connectivity index (χ2n) is 8.94. The summed E-state index contributed by atoms with van der Waals surface area (Å²) in [6.07, 6.45) is -0.283. The molecule has 0 radical (unpaired) electrons. The number of aromatic nitrogens is 2. The minimum absolute atomic E-state index is 0.228. The maximum atomic E-state index is 12.5. The number of ether oxygens (including phenoxy) is 2. The van der Waals surface area contributed by atoms with Crippen molar-refractivity contribution in [1.29, 1.82) is 0 Å². The van der Waals surface area contributed by atoms with Gasteiger partial charge in [0.1, 0.15) is 22.0 Å². The minimum Gasteiger partial charge on any atom is -0.494 e. The van der Waals surface area contributed by atoms with E-state index in [1.165, 1.54) is 0 Å². The first-order valence-electron chi connectivity index (χ1n) is 11.1. The van der Waals surface area contributed by atoms with Gasteiger partial charge in [-0.3, -0.25) is 0 Å². The second-order valence-corrected chi connectivity index (χ2v) is 10.5. The second kappa shape index (κ2) is 9.35. The van der Waals surface area contributed by atoms with Crippen LogP contribution >= 0.6 is 22.9 Å². The zero-order valence-electron chi connectivity index (χ0n) is 19.6. The van der Waals surface area contributed by atoms with Gasteiger partial charge in [0.25, 0.3) is 0 Å². The summed E-state index contributed by atoms with van der Waals surface area (Å²) in [6, 6.07) is 8.10. The van der Waals surface area contributed by atoms with E-state index in [2.05, 4.69) is 33.9 Å². The van der Waals surface area contributed by atoms with Crippen molar-refractivity contribution < 1.29 is 14.3 Å². The van der Waals surface area contributed by atoms with Gasteiger partial charge in [-0.15, -0.1) is 11.3 Å². The van der Waals surface area contributed by atoms with Crippen LogP contribution in [0.3, 0.4) is 0 Å². The summed E-state index contributed by atoms with van der Waals surface area (Å²) in [4.78, 5) is 27.5. The molecule has 1 aliphatic rings. The SMILES string of the molecule is CCOc1ccc(-c2c(C)sc3nc(Cl)nc(N4CCN(C(=O)OC(C)(C)C)CC4)c23)cc1. The number of nitrogens with zero attached hydrogens (tertiary/aromatic N) is 4. The summed E-state index contributed by atoms with van der Waals surface area (Å²) in [5.41, 5.74) is 1.68. The molecule has 0 atom stereocenters. The molecule has 0 bridgehead atoms. The molecule has 0 saturated carbocycles. The number of carbonyl (C=O) groups excluding carboxylic acids is 1. The Bertz CT molecular complexity index is 1150. The lowest BCUT2D eigenvalue weighted by Gasteiger charge is -2.36. The highest BCUT2D eigenvalue weighted by Gasteiger charge is 2.28. The van der Waals surface area contributed by atoms with Crippen LogP contribution in [-0.2, 0) is 4.74 Å². The van der Waals surface area contributed by atoms with Crippen LogP contribution in [0.15, 0.2) is 24.3 Å². The number of benzene rings is 1. The molecule has 9 heteroatoms. The molecule has 2 aromatic heterocycles. The van der Waals surface area contributed by atoms with E-state index in [-0.39, 0.29) is 11.4 Å². The zero-order chi connectivity index (χ0) is 23.8. The Morgan fingerprint density at radius 3 is 2.39 bits per heavy atom. The summed E-state index contributed by atoms with van der Waals surface area (Å²) in [7, 11) is 0. The number of carbonyl (C=O) groups is 1. The van der Waals surface area contributed by atoms with Crippen molar-refractivity contribution in [3.63, 3.8) is 0 Å². The topological polar surface area (TPSA) is 67.8 Å². The molecule has 1 aliphatic heterocycles. The number of hydrogen-bond donors (Lipinski definition) is 0. The summed E-state index contributed by atoms with van der Waals surface area (Å²) >= 11 is 7.93. The van der Waals surface area contributed by atoms with Crippen molar-refractivity contribution in [1.82, 2.24) is 14.9 Å². The van der Waals surface area contributed by atoms with E-state index >= 15 is 0 Å². The first-order valence-corrected chi connectivity index (χ1v) is 12.3. The number of fused-ring (bicyclic) bond motifs is 1. The van der Waals surface area contributed by atoms with E-state index < -0.39 is 5.60 Å². The molecule has 1 amide bonds. The lowest BCUT2D eigenvalue weighted by Crippen LogP contribution is -2.50. The molecule has 4 rings (SSSR count). The molecule has 0 unspecified atom stereocenters. The summed E-state index contributed by atoms with van der Waals surface area (Å²) < 4.78 is 11.1. The van der Waals surface area contributed by atoms with Crippen molar-refractivity contribution in [2.45, 2.75) is 40.2 Å². The van der Waals surface area contributed by atoms with E-state index in [1.54, 1.807) is 16.2 Å². The molecule has 176 valence electrons. The number of rotatable bonds is 4. The van der Waals surface area contributed by atoms with Crippen molar-refractivity contribution >= 4 is 45.1 Å². The fraction of sp³-hybridized carbons (Fsp3) is 0.458. The van der Waals surface area contributed by atoms with Gasteiger partial charge in [0.05, 0.1) is 12.0 Å². The van der Waals surface area contributed by atoms with Crippen molar-refractivity contribution in [3.8, 4) is 16.9 Å². The third-order valence-electron chi connectivity index (χ3n) is 5.37. The number of thiophene rings is 1. The van der Waals surface area contributed by atoms with Crippen LogP contribution in [-0.4, -0.2) is 59.3 Å². The molecule has 1 aromatic carbocycles. The maximum Gasteiger partial charge on any atom is 0.410 e. The number of aryl methyl sites for hydroxylation is 1. The van der Waals surface area contributed by atoms with Gasteiger partial charge in [-0.1, -0.05) is 12.1 Å². The summed E-state index contributed by atoms with van der Waals surface area (Å²) in [5.74, 6) is 1.65. The fourth-order valence-electron chi connectivity index (χ4n) is 3.96. The molecular weight excluding hydrogens is 460 g/mol. The smallest absolute Gasteiger partial charge is 0.410 e. The third-order valence-corrected chi connectivity index (χ3v) is 6.53. The maximum absolute atomic E-state index is 12.5. The van der Waals surface area contributed by atoms with Gasteiger partial charge in [0, 0.05) is 36.6 Å². The molecule has 3 aromatic rings. The largest absolute Gasteiger partial charge is 0.494 e. The van der Waals surface area contributed by atoms with E-state index in [9.17, 15) is 4.79 Å². The number of halogens is 1. The minimum atomic E-state index is -0.513. The van der Waals surface area contributed by atoms with Crippen molar-refractivity contribution in [2.75, 3.05) is 37.7 Å². The van der Waals surface area contributed by atoms with Crippen molar-refractivity contribution in [2.24, 2.45) is 0 Å². The Hall–Kier alpha value is -2.58. The fourth-order valence-corrected chi connectivity index (χ4v) is 5.21. The van der Waals surface area contributed by atoms with E-state index in [4.69, 9.17) is 21.1 Å². The molecule has 0 spiro atoms. The van der Waals surface area contributed by atoms with Crippen LogP contribution in [0.2, 0.25) is 5.28 Å². The monoisotopic (exact) mass is 488 g/mol. The Morgan fingerprint density at radius 2 is 1.79 bits per heavy atom. The molecule has 1 fully saturated rings. The molecule has 1 saturated heterocycles. The highest BCUT2D eigenvalue weighted by Crippen LogP contribution is 2.42. The van der Waals surface area contributed by atoms with Crippen LogP contribution in [0.1, 0.15) is 32.6 Å². The van der Waals surface area contributed by atoms with Crippen LogP contribution in [0, 0.1) is 6.92 Å². The number of anilines is 1. The first-order chi connectivity index (χ1) is 15.7. The highest BCUT2D eigenvalue weighted by molar-refractivity contribution is 7.19. The number of hydrogen-bond acceptors (Lipinski definition) is 7. The van der Waals surface area contributed by atoms with Crippen molar-refractivity contribution in [3.05, 3.63) is 34.4 Å². The molecule has 0 aliphatic carbocycles. The average molecular weight is 489 g/mol. The normalized spacial score (nSPS) is 14.6. The lowest BCUT2D eigenvalue weighted by molar-refractivity contribution is 0.0240. The van der Waals surface area contributed by atoms with Gasteiger partial charge < -0.3 is 19.3 Å². The van der Waals surface area contributed by atoms with Gasteiger partial charge in [-0.05, 0) is 63.9 Å². The van der Waals surface area contributed by atoms with Gasteiger partial charge in [0.2, 0.25) is 5.28 Å². The van der Waals surface area contributed by atoms with Crippen LogP contribution in [0.25, 0.3) is 21.3 Å². The molecule has 33 heavy (non-hydrogen) atoms. The van der Waals surface area contributed by atoms with Crippen LogP contribution in [0.5, 0.6) is 5.75 Å². The van der Waals surface area contributed by atoms with Gasteiger partial charge in [0.15, 0.2) is 0 Å². The average Bonchev–Trinajstić information content (AvgIpc) is 3.08. The summed E-state index contributed by atoms with van der Waals surface area (Å²) in [6.45, 7) is 12.7. The van der Waals surface area contributed by atoms with E-state index in [1.807, 2.05) is 39.8 Å². The Kier molecular flexibility index (Phi) is 6.68.